The minimum atomic E-state index is -0.453. The molecule has 3 heterocycles. The average molecular weight is 328 g/mol. The normalized spacial score (nSPS) is 26.7. The van der Waals surface area contributed by atoms with E-state index in [0.29, 0.717) is 16.6 Å². The lowest BCUT2D eigenvalue weighted by molar-refractivity contribution is 0.387. The first kappa shape index (κ1) is 14.7. The fraction of sp³-hybridized carbons (Fsp3) is 0.294. The Kier molecular flexibility index (Phi) is 3.58. The van der Waals surface area contributed by atoms with Crippen molar-refractivity contribution >= 4 is 16.9 Å². The molecule has 118 valence electrons. The molecule has 0 amide bonds. The summed E-state index contributed by atoms with van der Waals surface area (Å²) in [5, 5.41) is 4.06. The Morgan fingerprint density at radius 2 is 2.22 bits per heavy atom. The van der Waals surface area contributed by atoms with Crippen LogP contribution in [0.15, 0.2) is 47.6 Å². The molecule has 0 saturated carbocycles. The van der Waals surface area contributed by atoms with Crippen LogP contribution in [0.25, 0.3) is 11.1 Å². The van der Waals surface area contributed by atoms with E-state index in [2.05, 4.69) is 16.4 Å². The summed E-state index contributed by atoms with van der Waals surface area (Å²) in [6, 6.07) is 11.4. The number of nitrogens with one attached hydrogen (secondary N) is 1. The molecule has 2 unspecified atom stereocenters. The van der Waals surface area contributed by atoms with E-state index >= 15 is 0 Å². The summed E-state index contributed by atoms with van der Waals surface area (Å²) < 4.78 is 14.0. The van der Waals surface area contributed by atoms with E-state index in [4.69, 9.17) is 10.7 Å². The Bertz CT molecular complexity index is 779. The fourth-order valence-electron chi connectivity index (χ4n) is 3.45. The smallest absolute Gasteiger partial charge is 0.220 e. The first-order valence-corrected chi connectivity index (χ1v) is 8.58. The number of pyridine rings is 1. The van der Waals surface area contributed by atoms with Crippen LogP contribution in [0.3, 0.4) is 0 Å². The molecule has 1 saturated heterocycles. The molecule has 0 aliphatic carbocycles. The lowest BCUT2D eigenvalue weighted by Gasteiger charge is -2.35. The van der Waals surface area contributed by atoms with Crippen molar-refractivity contribution < 1.29 is 4.39 Å². The molecule has 6 heteroatoms. The largest absolute Gasteiger partial charge is 0.379 e. The maximum Gasteiger partial charge on any atom is 0.220 e. The van der Waals surface area contributed by atoms with E-state index in [1.54, 1.807) is 23.9 Å². The summed E-state index contributed by atoms with van der Waals surface area (Å²) in [6.07, 6.45) is 1.46. The van der Waals surface area contributed by atoms with E-state index < -0.39 is 5.95 Å². The van der Waals surface area contributed by atoms with Crippen molar-refractivity contribution in [3.8, 4) is 11.1 Å². The number of hydrogen-bond donors (Lipinski definition) is 2. The predicted molar refractivity (Wildman–Crippen MR) is 91.7 cm³/mol. The van der Waals surface area contributed by atoms with Gasteiger partial charge in [0.15, 0.2) is 5.17 Å². The van der Waals surface area contributed by atoms with Crippen molar-refractivity contribution in [2.24, 2.45) is 16.6 Å². The van der Waals surface area contributed by atoms with Gasteiger partial charge in [-0.25, -0.2) is 9.98 Å². The van der Waals surface area contributed by atoms with Crippen molar-refractivity contribution in [3.63, 3.8) is 0 Å². The number of rotatable bonds is 2. The zero-order valence-electron chi connectivity index (χ0n) is 12.5. The third-order valence-electron chi connectivity index (χ3n) is 4.64. The van der Waals surface area contributed by atoms with Gasteiger partial charge in [-0.1, -0.05) is 30.0 Å². The zero-order valence-corrected chi connectivity index (χ0v) is 13.3. The number of benzene rings is 1. The highest BCUT2D eigenvalue weighted by Crippen LogP contribution is 2.43. The second-order valence-corrected chi connectivity index (χ2v) is 6.98. The van der Waals surface area contributed by atoms with Gasteiger partial charge in [0.2, 0.25) is 5.95 Å². The van der Waals surface area contributed by atoms with Crippen LogP contribution in [0, 0.1) is 11.9 Å². The Morgan fingerprint density at radius 3 is 3.09 bits per heavy atom. The molecule has 23 heavy (non-hydrogen) atoms. The number of thioether (sulfide) groups is 1. The third kappa shape index (κ3) is 2.42. The first-order chi connectivity index (χ1) is 11.2. The van der Waals surface area contributed by atoms with E-state index in [1.807, 2.05) is 18.2 Å². The highest BCUT2D eigenvalue weighted by atomic mass is 32.2. The van der Waals surface area contributed by atoms with Gasteiger partial charge < -0.3 is 11.1 Å². The van der Waals surface area contributed by atoms with Gasteiger partial charge in [-0.2, -0.15) is 4.39 Å². The van der Waals surface area contributed by atoms with Crippen molar-refractivity contribution in [1.82, 2.24) is 10.3 Å². The summed E-state index contributed by atoms with van der Waals surface area (Å²) in [7, 11) is 0. The van der Waals surface area contributed by atoms with Gasteiger partial charge >= 0.3 is 0 Å². The average Bonchev–Trinajstić information content (AvgIpc) is 2.99. The number of fused-ring (bicyclic) bond motifs is 1. The highest BCUT2D eigenvalue weighted by Gasteiger charge is 2.46. The molecule has 2 aromatic rings. The lowest BCUT2D eigenvalue weighted by Crippen LogP contribution is -2.39. The number of nitrogens with two attached hydrogens (primary N) is 1. The van der Waals surface area contributed by atoms with Crippen LogP contribution in [0.2, 0.25) is 0 Å². The summed E-state index contributed by atoms with van der Waals surface area (Å²) in [5.41, 5.74) is 8.07. The predicted octanol–water partition coefficient (Wildman–Crippen LogP) is 2.36. The molecular weight excluding hydrogens is 311 g/mol. The van der Waals surface area contributed by atoms with Gasteiger partial charge in [0.1, 0.15) is 5.54 Å². The molecule has 4 rings (SSSR count). The van der Waals surface area contributed by atoms with Crippen LogP contribution in [0.5, 0.6) is 0 Å². The topological polar surface area (TPSA) is 63.3 Å². The standard InChI is InChI=1S/C17H17FN4S/c18-15-14(5-2-6-21-15)11-3-1-4-12(7-11)17-10-20-8-13(17)9-23-16(19)22-17/h1-7,13,20H,8-10H2,(H2,19,22). The van der Waals surface area contributed by atoms with Crippen LogP contribution < -0.4 is 11.1 Å². The van der Waals surface area contributed by atoms with Crippen molar-refractivity contribution in [2.45, 2.75) is 5.54 Å². The molecule has 1 fully saturated rings. The molecule has 3 N–H and O–H groups in total. The Labute approximate surface area is 138 Å². The molecular formula is C17H17FN4S. The van der Waals surface area contributed by atoms with Gasteiger partial charge in [0, 0.05) is 36.5 Å². The number of aromatic nitrogens is 1. The second kappa shape index (κ2) is 5.62. The van der Waals surface area contributed by atoms with E-state index in [0.717, 1.165) is 30.0 Å². The van der Waals surface area contributed by atoms with Crippen LogP contribution in [-0.2, 0) is 5.54 Å². The molecule has 2 atom stereocenters. The van der Waals surface area contributed by atoms with Crippen molar-refractivity contribution in [3.05, 3.63) is 54.1 Å². The van der Waals surface area contributed by atoms with E-state index in [1.165, 1.54) is 6.20 Å². The number of nitrogens with zero attached hydrogens (tertiary/aromatic N) is 2. The number of hydrogen-bond acceptors (Lipinski definition) is 5. The monoisotopic (exact) mass is 328 g/mol. The molecule has 2 aliphatic rings. The van der Waals surface area contributed by atoms with Crippen LogP contribution in [-0.4, -0.2) is 29.0 Å². The molecule has 0 spiro atoms. The van der Waals surface area contributed by atoms with Crippen LogP contribution in [0.4, 0.5) is 4.39 Å². The quantitative estimate of drug-likeness (QED) is 0.831. The number of amidine groups is 1. The Balaban J connectivity index is 1.83. The summed E-state index contributed by atoms with van der Waals surface area (Å²) >= 11 is 1.61. The molecule has 1 aromatic heterocycles. The number of aliphatic imine (C=N–C) groups is 1. The molecule has 2 aliphatic heterocycles. The Morgan fingerprint density at radius 1 is 1.30 bits per heavy atom. The van der Waals surface area contributed by atoms with Gasteiger partial charge in [0.05, 0.1) is 0 Å². The SMILES string of the molecule is NC1=NC2(c3cccc(-c4cccnc4F)c3)CNCC2CS1. The highest BCUT2D eigenvalue weighted by molar-refractivity contribution is 8.13. The van der Waals surface area contributed by atoms with Gasteiger partial charge in [-0.05, 0) is 29.3 Å². The van der Waals surface area contributed by atoms with Crippen molar-refractivity contribution in [1.29, 1.82) is 0 Å². The first-order valence-electron chi connectivity index (χ1n) is 7.59. The summed E-state index contributed by atoms with van der Waals surface area (Å²) in [4.78, 5) is 8.53. The van der Waals surface area contributed by atoms with Crippen LogP contribution >= 0.6 is 11.8 Å². The second-order valence-electron chi connectivity index (χ2n) is 5.94. The van der Waals surface area contributed by atoms with Gasteiger partial charge in [0.25, 0.3) is 0 Å². The Hall–Kier alpha value is -1.92. The van der Waals surface area contributed by atoms with E-state index in [-0.39, 0.29) is 5.54 Å². The van der Waals surface area contributed by atoms with Crippen LogP contribution in [0.1, 0.15) is 5.56 Å². The zero-order chi connectivity index (χ0) is 15.9. The number of halogens is 1. The fourth-order valence-corrected chi connectivity index (χ4v) is 4.45. The minimum Gasteiger partial charge on any atom is -0.379 e. The van der Waals surface area contributed by atoms with Gasteiger partial charge in [-0.3, -0.25) is 0 Å². The van der Waals surface area contributed by atoms with Crippen molar-refractivity contribution in [2.75, 3.05) is 18.8 Å². The maximum atomic E-state index is 14.0. The van der Waals surface area contributed by atoms with Gasteiger partial charge in [-0.15, -0.1) is 0 Å². The molecule has 0 bridgehead atoms. The lowest BCUT2D eigenvalue weighted by atomic mass is 9.81. The minimum absolute atomic E-state index is 0.343. The summed E-state index contributed by atoms with van der Waals surface area (Å²) in [6.45, 7) is 1.69. The molecule has 1 aromatic carbocycles. The maximum absolute atomic E-state index is 14.0. The van der Waals surface area contributed by atoms with E-state index in [9.17, 15) is 4.39 Å². The molecule has 4 nitrogen and oxygen atoms in total. The summed E-state index contributed by atoms with van der Waals surface area (Å²) in [5.74, 6) is 0.896. The third-order valence-corrected chi connectivity index (χ3v) is 5.59. The molecule has 0 radical (unpaired) electrons.